The summed E-state index contributed by atoms with van der Waals surface area (Å²) in [6.45, 7) is 8.23. The molecule has 2 heterocycles. The molecule has 90 valence electrons. The molecule has 1 aliphatic heterocycles. The number of rotatable bonds is 1. The van der Waals surface area contributed by atoms with E-state index in [-0.39, 0.29) is 5.41 Å². The molecule has 1 atom stereocenters. The molecule has 2 rings (SSSR count). The number of hydrogen-bond acceptors (Lipinski definition) is 3. The molecule has 1 aromatic rings. The van der Waals surface area contributed by atoms with E-state index in [1.54, 1.807) is 0 Å². The standard InChI is InChI=1S/C12H21N3O/c1-12(2,3)10-6-13-15-7-9(14(4)5)8-16-11(10)15/h6,9H,7-8H2,1-5H3/t9-/m1/s1. The summed E-state index contributed by atoms with van der Waals surface area (Å²) in [5.74, 6) is 0.950. The van der Waals surface area contributed by atoms with Gasteiger partial charge in [0, 0.05) is 5.56 Å². The van der Waals surface area contributed by atoms with E-state index >= 15 is 0 Å². The second kappa shape index (κ2) is 3.77. The number of fused-ring (bicyclic) bond motifs is 1. The van der Waals surface area contributed by atoms with Crippen molar-refractivity contribution in [1.29, 1.82) is 0 Å². The first kappa shape index (κ1) is 11.5. The molecule has 1 aliphatic rings. The second-order valence-corrected chi connectivity index (χ2v) is 5.72. The number of nitrogens with zero attached hydrogens (tertiary/aromatic N) is 3. The van der Waals surface area contributed by atoms with Crippen LogP contribution in [-0.4, -0.2) is 41.4 Å². The molecule has 4 heteroatoms. The first-order chi connectivity index (χ1) is 7.39. The minimum Gasteiger partial charge on any atom is -0.476 e. The maximum Gasteiger partial charge on any atom is 0.215 e. The summed E-state index contributed by atoms with van der Waals surface area (Å²) in [5.41, 5.74) is 1.29. The fraction of sp³-hybridized carbons (Fsp3) is 0.750. The van der Waals surface area contributed by atoms with Crippen molar-refractivity contribution >= 4 is 0 Å². The molecule has 0 spiro atoms. The van der Waals surface area contributed by atoms with E-state index in [4.69, 9.17) is 4.74 Å². The summed E-state index contributed by atoms with van der Waals surface area (Å²) >= 11 is 0. The normalized spacial score (nSPS) is 20.8. The van der Waals surface area contributed by atoms with E-state index in [0.29, 0.717) is 6.04 Å². The molecule has 1 aromatic heterocycles. The van der Waals surface area contributed by atoms with Gasteiger partial charge in [-0.3, -0.25) is 0 Å². The van der Waals surface area contributed by atoms with Crippen LogP contribution in [0, 0.1) is 0 Å². The molecule has 0 saturated carbocycles. The van der Waals surface area contributed by atoms with Crippen LogP contribution in [-0.2, 0) is 12.0 Å². The Kier molecular flexibility index (Phi) is 2.70. The first-order valence-corrected chi connectivity index (χ1v) is 5.75. The van der Waals surface area contributed by atoms with Crippen molar-refractivity contribution in [3.63, 3.8) is 0 Å². The van der Waals surface area contributed by atoms with Gasteiger partial charge in [0.15, 0.2) is 0 Å². The summed E-state index contributed by atoms with van der Waals surface area (Å²) in [5, 5.41) is 4.42. The molecule has 0 N–H and O–H groups in total. The molecule has 0 amide bonds. The summed E-state index contributed by atoms with van der Waals surface area (Å²) in [6.07, 6.45) is 1.94. The van der Waals surface area contributed by atoms with Gasteiger partial charge in [-0.25, -0.2) is 4.68 Å². The third-order valence-corrected chi connectivity index (χ3v) is 3.13. The Morgan fingerprint density at radius 3 is 2.69 bits per heavy atom. The van der Waals surface area contributed by atoms with Crippen LogP contribution in [0.3, 0.4) is 0 Å². The van der Waals surface area contributed by atoms with Crippen molar-refractivity contribution in [2.75, 3.05) is 20.7 Å². The monoisotopic (exact) mass is 223 g/mol. The van der Waals surface area contributed by atoms with Crippen molar-refractivity contribution in [3.8, 4) is 5.88 Å². The Morgan fingerprint density at radius 1 is 1.44 bits per heavy atom. The highest BCUT2D eigenvalue weighted by Gasteiger charge is 2.29. The highest BCUT2D eigenvalue weighted by atomic mass is 16.5. The van der Waals surface area contributed by atoms with Gasteiger partial charge in [0.05, 0.1) is 18.8 Å². The van der Waals surface area contributed by atoms with Crippen molar-refractivity contribution in [3.05, 3.63) is 11.8 Å². The van der Waals surface area contributed by atoms with E-state index in [1.165, 1.54) is 5.56 Å². The van der Waals surface area contributed by atoms with Crippen LogP contribution < -0.4 is 4.74 Å². The molecule has 0 radical (unpaired) electrons. The van der Waals surface area contributed by atoms with Crippen molar-refractivity contribution < 1.29 is 4.74 Å². The van der Waals surface area contributed by atoms with E-state index in [9.17, 15) is 0 Å². The van der Waals surface area contributed by atoms with Crippen LogP contribution in [0.4, 0.5) is 0 Å². The van der Waals surface area contributed by atoms with Crippen LogP contribution in [0.25, 0.3) is 0 Å². The zero-order chi connectivity index (χ0) is 11.9. The molecule has 0 bridgehead atoms. The predicted octanol–water partition coefficient (Wildman–Crippen LogP) is 1.50. The molecule has 0 fully saturated rings. The van der Waals surface area contributed by atoms with Gasteiger partial charge in [-0.05, 0) is 19.5 Å². The third kappa shape index (κ3) is 1.94. The highest BCUT2D eigenvalue weighted by molar-refractivity contribution is 5.32. The second-order valence-electron chi connectivity index (χ2n) is 5.72. The maximum absolute atomic E-state index is 5.85. The van der Waals surface area contributed by atoms with E-state index in [1.807, 2.05) is 10.9 Å². The molecule has 16 heavy (non-hydrogen) atoms. The smallest absolute Gasteiger partial charge is 0.215 e. The SMILES string of the molecule is CN(C)[C@H]1COc2c(C(C)(C)C)cnn2C1. The largest absolute Gasteiger partial charge is 0.476 e. The van der Waals surface area contributed by atoms with Gasteiger partial charge in [0.1, 0.15) is 6.61 Å². The van der Waals surface area contributed by atoms with E-state index in [2.05, 4.69) is 44.9 Å². The molecule has 0 aliphatic carbocycles. The fourth-order valence-corrected chi connectivity index (χ4v) is 1.91. The summed E-state index contributed by atoms with van der Waals surface area (Å²) < 4.78 is 7.83. The lowest BCUT2D eigenvalue weighted by Gasteiger charge is -2.30. The zero-order valence-corrected chi connectivity index (χ0v) is 10.8. The van der Waals surface area contributed by atoms with Gasteiger partial charge in [0.2, 0.25) is 5.88 Å². The van der Waals surface area contributed by atoms with Gasteiger partial charge in [0.25, 0.3) is 0 Å². The van der Waals surface area contributed by atoms with Gasteiger partial charge < -0.3 is 9.64 Å². The third-order valence-electron chi connectivity index (χ3n) is 3.13. The van der Waals surface area contributed by atoms with Crippen LogP contribution in [0.5, 0.6) is 5.88 Å². The van der Waals surface area contributed by atoms with E-state index < -0.39 is 0 Å². The zero-order valence-electron chi connectivity index (χ0n) is 10.8. The molecule has 0 aromatic carbocycles. The molecule has 4 nitrogen and oxygen atoms in total. The van der Waals surface area contributed by atoms with Gasteiger partial charge in [-0.1, -0.05) is 20.8 Å². The number of likely N-dealkylation sites (N-methyl/N-ethyl adjacent to an activating group) is 1. The maximum atomic E-state index is 5.85. The Morgan fingerprint density at radius 2 is 2.12 bits per heavy atom. The average Bonchev–Trinajstić information content (AvgIpc) is 2.58. The molecular formula is C12H21N3O. The topological polar surface area (TPSA) is 30.3 Å². The minimum absolute atomic E-state index is 0.0958. The summed E-state index contributed by atoms with van der Waals surface area (Å²) in [7, 11) is 4.15. The molecule has 0 saturated heterocycles. The molecular weight excluding hydrogens is 202 g/mol. The highest BCUT2D eigenvalue weighted by Crippen LogP contribution is 2.33. The Hall–Kier alpha value is -1.03. The number of aromatic nitrogens is 2. The minimum atomic E-state index is 0.0958. The predicted molar refractivity (Wildman–Crippen MR) is 63.9 cm³/mol. The van der Waals surface area contributed by atoms with Gasteiger partial charge in [-0.2, -0.15) is 5.10 Å². The van der Waals surface area contributed by atoms with Crippen LogP contribution in [0.15, 0.2) is 6.20 Å². The van der Waals surface area contributed by atoms with Crippen LogP contribution in [0.1, 0.15) is 26.3 Å². The quantitative estimate of drug-likeness (QED) is 0.723. The average molecular weight is 223 g/mol. The number of hydrogen-bond donors (Lipinski definition) is 0. The molecule has 0 unspecified atom stereocenters. The lowest BCUT2D eigenvalue weighted by Crippen LogP contribution is -2.41. The lowest BCUT2D eigenvalue weighted by molar-refractivity contribution is 0.118. The Balaban J connectivity index is 2.27. The van der Waals surface area contributed by atoms with Gasteiger partial charge >= 0.3 is 0 Å². The lowest BCUT2D eigenvalue weighted by atomic mass is 9.89. The van der Waals surface area contributed by atoms with E-state index in [0.717, 1.165) is 19.0 Å². The van der Waals surface area contributed by atoms with Crippen LogP contribution in [0.2, 0.25) is 0 Å². The van der Waals surface area contributed by atoms with Gasteiger partial charge in [-0.15, -0.1) is 0 Å². The Labute approximate surface area is 97.2 Å². The fourth-order valence-electron chi connectivity index (χ4n) is 1.91. The number of ether oxygens (including phenoxy) is 1. The summed E-state index contributed by atoms with van der Waals surface area (Å²) in [4.78, 5) is 2.18. The summed E-state index contributed by atoms with van der Waals surface area (Å²) in [6, 6.07) is 0.417. The Bertz CT molecular complexity index is 376. The van der Waals surface area contributed by atoms with Crippen molar-refractivity contribution in [2.24, 2.45) is 0 Å². The van der Waals surface area contributed by atoms with Crippen LogP contribution >= 0.6 is 0 Å². The first-order valence-electron chi connectivity index (χ1n) is 5.75. The van der Waals surface area contributed by atoms with Crippen molar-refractivity contribution in [1.82, 2.24) is 14.7 Å². The van der Waals surface area contributed by atoms with Crippen molar-refractivity contribution in [2.45, 2.75) is 38.8 Å².